The van der Waals surface area contributed by atoms with Crippen LogP contribution in [0.25, 0.3) is 11.0 Å². The second-order valence-electron chi connectivity index (χ2n) is 7.04. The van der Waals surface area contributed by atoms with Gasteiger partial charge < -0.3 is 19.9 Å². The van der Waals surface area contributed by atoms with Crippen molar-refractivity contribution in [2.45, 2.75) is 6.54 Å². The number of carbonyl (C=O) groups excluding carboxylic acids is 1. The smallest absolute Gasteiger partial charge is 0.246 e. The molecule has 158 valence electrons. The lowest BCUT2D eigenvalue weighted by Crippen LogP contribution is -2.46. The van der Waals surface area contributed by atoms with Crippen molar-refractivity contribution in [1.82, 2.24) is 25.1 Å². The zero-order chi connectivity index (χ0) is 20.9. The molecule has 0 radical (unpaired) electrons. The van der Waals surface area contributed by atoms with Gasteiger partial charge in [0.15, 0.2) is 5.65 Å². The first-order valence-corrected chi connectivity index (χ1v) is 9.83. The third-order valence-corrected chi connectivity index (χ3v) is 5.10. The van der Waals surface area contributed by atoms with Crippen molar-refractivity contribution < 1.29 is 13.9 Å². The molecule has 0 unspecified atom stereocenters. The Balaban J connectivity index is 1.42. The Labute approximate surface area is 173 Å². The lowest BCUT2D eigenvalue weighted by molar-refractivity contribution is -0.124. The Morgan fingerprint density at radius 1 is 1.13 bits per heavy atom. The molecule has 1 aromatic carbocycles. The van der Waals surface area contributed by atoms with Gasteiger partial charge in [-0.2, -0.15) is 5.10 Å². The van der Waals surface area contributed by atoms with Crippen molar-refractivity contribution in [2.75, 3.05) is 56.2 Å². The number of methoxy groups -OCH3 is 1. The molecular weight excluding hydrogens is 389 g/mol. The molecule has 0 atom stereocenters. The highest BCUT2D eigenvalue weighted by atomic mass is 19.1. The van der Waals surface area contributed by atoms with Crippen molar-refractivity contribution >= 4 is 28.4 Å². The molecule has 0 bridgehead atoms. The first-order valence-electron chi connectivity index (χ1n) is 9.83. The summed E-state index contributed by atoms with van der Waals surface area (Å²) in [5.74, 6) is 0.466. The molecule has 0 saturated carbocycles. The summed E-state index contributed by atoms with van der Waals surface area (Å²) in [6.45, 7) is 4.20. The van der Waals surface area contributed by atoms with Crippen LogP contribution in [-0.4, -0.2) is 72.1 Å². The van der Waals surface area contributed by atoms with E-state index in [0.717, 1.165) is 48.7 Å². The van der Waals surface area contributed by atoms with Gasteiger partial charge in [0, 0.05) is 45.5 Å². The fraction of sp³-hybridized carbons (Fsp3) is 0.400. The SMILES string of the molecule is COCC(=O)NCCn1ncc2c(N3CCN(c4ccc(F)cc4)CC3)ncnc21. The first kappa shape index (κ1) is 20.0. The van der Waals surface area contributed by atoms with Gasteiger partial charge in [0.05, 0.1) is 18.1 Å². The summed E-state index contributed by atoms with van der Waals surface area (Å²) in [7, 11) is 1.48. The predicted molar refractivity (Wildman–Crippen MR) is 111 cm³/mol. The van der Waals surface area contributed by atoms with E-state index in [4.69, 9.17) is 4.74 Å². The summed E-state index contributed by atoms with van der Waals surface area (Å²) in [6, 6.07) is 6.59. The fourth-order valence-corrected chi connectivity index (χ4v) is 3.61. The van der Waals surface area contributed by atoms with E-state index in [0.29, 0.717) is 13.1 Å². The van der Waals surface area contributed by atoms with Gasteiger partial charge in [0.2, 0.25) is 5.91 Å². The number of hydrogen-bond acceptors (Lipinski definition) is 7. The number of halogens is 1. The van der Waals surface area contributed by atoms with Gasteiger partial charge in [-0.05, 0) is 24.3 Å². The standard InChI is InChI=1S/C20H24FN7O2/c1-30-13-18(29)22-6-7-28-20-17(12-25-28)19(23-14-24-20)27-10-8-26(9-11-27)16-4-2-15(21)3-5-16/h2-5,12,14H,6-11,13H2,1H3,(H,22,29). The molecule has 2 aromatic heterocycles. The highest BCUT2D eigenvalue weighted by Gasteiger charge is 2.21. The van der Waals surface area contributed by atoms with E-state index in [2.05, 4.69) is 30.2 Å². The molecule has 9 nitrogen and oxygen atoms in total. The summed E-state index contributed by atoms with van der Waals surface area (Å²) >= 11 is 0. The van der Waals surface area contributed by atoms with E-state index in [9.17, 15) is 9.18 Å². The van der Waals surface area contributed by atoms with E-state index in [1.807, 2.05) is 12.1 Å². The maximum absolute atomic E-state index is 13.2. The Hall–Kier alpha value is -3.27. The van der Waals surface area contributed by atoms with Crippen LogP contribution in [0.1, 0.15) is 0 Å². The molecule has 4 rings (SSSR count). The van der Waals surface area contributed by atoms with Gasteiger partial charge >= 0.3 is 0 Å². The predicted octanol–water partition coefficient (Wildman–Crippen LogP) is 1.05. The average molecular weight is 413 g/mol. The van der Waals surface area contributed by atoms with Crippen LogP contribution >= 0.6 is 0 Å². The average Bonchev–Trinajstić information content (AvgIpc) is 3.18. The Kier molecular flexibility index (Phi) is 6.03. The van der Waals surface area contributed by atoms with Crippen LogP contribution in [0.3, 0.4) is 0 Å². The topological polar surface area (TPSA) is 88.4 Å². The number of nitrogens with zero attached hydrogens (tertiary/aromatic N) is 6. The number of rotatable bonds is 7. The number of aromatic nitrogens is 4. The Morgan fingerprint density at radius 2 is 1.87 bits per heavy atom. The quantitative estimate of drug-likeness (QED) is 0.620. The molecule has 1 aliphatic heterocycles. The number of nitrogens with one attached hydrogen (secondary N) is 1. The van der Waals surface area contributed by atoms with Crippen molar-refractivity contribution in [3.63, 3.8) is 0 Å². The van der Waals surface area contributed by atoms with Crippen LogP contribution in [0.4, 0.5) is 15.9 Å². The monoisotopic (exact) mass is 413 g/mol. The van der Waals surface area contributed by atoms with Crippen molar-refractivity contribution in [3.05, 3.63) is 42.6 Å². The van der Waals surface area contributed by atoms with E-state index >= 15 is 0 Å². The summed E-state index contributed by atoms with van der Waals surface area (Å²) < 4.78 is 19.7. The van der Waals surface area contributed by atoms with Gasteiger partial charge in [0.1, 0.15) is 24.6 Å². The second kappa shape index (κ2) is 9.04. The van der Waals surface area contributed by atoms with Gasteiger partial charge in [-0.1, -0.05) is 0 Å². The molecule has 1 saturated heterocycles. The number of piperazine rings is 1. The minimum Gasteiger partial charge on any atom is -0.375 e. The zero-order valence-electron chi connectivity index (χ0n) is 16.8. The summed E-state index contributed by atoms with van der Waals surface area (Å²) in [5, 5.41) is 8.09. The number of fused-ring (bicyclic) bond motifs is 1. The molecule has 10 heteroatoms. The summed E-state index contributed by atoms with van der Waals surface area (Å²) in [5.41, 5.74) is 1.76. The van der Waals surface area contributed by atoms with Crippen molar-refractivity contribution in [1.29, 1.82) is 0 Å². The maximum atomic E-state index is 13.2. The third-order valence-electron chi connectivity index (χ3n) is 5.10. The summed E-state index contributed by atoms with van der Waals surface area (Å²) in [4.78, 5) is 24.9. The van der Waals surface area contributed by atoms with Gasteiger partial charge in [0.25, 0.3) is 0 Å². The number of ether oxygens (including phenoxy) is 1. The van der Waals surface area contributed by atoms with E-state index in [1.165, 1.54) is 19.2 Å². The third kappa shape index (κ3) is 4.33. The molecule has 1 amide bonds. The van der Waals surface area contributed by atoms with Crippen LogP contribution in [0.2, 0.25) is 0 Å². The largest absolute Gasteiger partial charge is 0.375 e. The van der Waals surface area contributed by atoms with Crippen LogP contribution < -0.4 is 15.1 Å². The lowest BCUT2D eigenvalue weighted by Gasteiger charge is -2.36. The van der Waals surface area contributed by atoms with Crippen molar-refractivity contribution in [3.8, 4) is 0 Å². The Bertz CT molecular complexity index is 1000. The molecule has 1 N–H and O–H groups in total. The molecule has 3 aromatic rings. The molecule has 3 heterocycles. The van der Waals surface area contributed by atoms with Gasteiger partial charge in [-0.3, -0.25) is 4.79 Å². The molecule has 1 fully saturated rings. The minimum atomic E-state index is -0.226. The maximum Gasteiger partial charge on any atom is 0.246 e. The number of carbonyl (C=O) groups is 1. The normalized spacial score (nSPS) is 14.3. The molecule has 30 heavy (non-hydrogen) atoms. The van der Waals surface area contributed by atoms with E-state index < -0.39 is 0 Å². The number of anilines is 2. The Morgan fingerprint density at radius 3 is 2.60 bits per heavy atom. The molecule has 0 aliphatic carbocycles. The van der Waals surface area contributed by atoms with Gasteiger partial charge in [-0.25, -0.2) is 19.0 Å². The zero-order valence-corrected chi connectivity index (χ0v) is 16.8. The van der Waals surface area contributed by atoms with Gasteiger partial charge in [-0.15, -0.1) is 0 Å². The van der Waals surface area contributed by atoms with E-state index in [-0.39, 0.29) is 18.3 Å². The summed E-state index contributed by atoms with van der Waals surface area (Å²) in [6.07, 6.45) is 3.32. The highest BCUT2D eigenvalue weighted by molar-refractivity contribution is 5.86. The number of hydrogen-bond donors (Lipinski definition) is 1. The number of amides is 1. The molecular formula is C20H24FN7O2. The fourth-order valence-electron chi connectivity index (χ4n) is 3.61. The lowest BCUT2D eigenvalue weighted by atomic mass is 10.2. The minimum absolute atomic E-state index is 0.0378. The highest BCUT2D eigenvalue weighted by Crippen LogP contribution is 2.25. The van der Waals surface area contributed by atoms with Crippen LogP contribution in [0.15, 0.2) is 36.8 Å². The van der Waals surface area contributed by atoms with Crippen LogP contribution in [0.5, 0.6) is 0 Å². The molecule has 0 spiro atoms. The second-order valence-corrected chi connectivity index (χ2v) is 7.04. The van der Waals surface area contributed by atoms with Crippen LogP contribution in [-0.2, 0) is 16.1 Å². The van der Waals surface area contributed by atoms with E-state index in [1.54, 1.807) is 17.2 Å². The number of benzene rings is 1. The van der Waals surface area contributed by atoms with Crippen LogP contribution in [0, 0.1) is 5.82 Å². The molecule has 1 aliphatic rings. The first-order chi connectivity index (χ1) is 14.7. The van der Waals surface area contributed by atoms with Crippen molar-refractivity contribution in [2.24, 2.45) is 0 Å².